The zero-order valence-corrected chi connectivity index (χ0v) is 13.5. The SMILES string of the molecule is CCOC(=O)NCCN(C(C)=O)c1ccc(Br)cc1C. The molecule has 0 bridgehead atoms. The van der Waals surface area contributed by atoms with E-state index in [2.05, 4.69) is 21.2 Å². The Balaban J connectivity index is 2.70. The third-order valence-electron chi connectivity index (χ3n) is 2.71. The van der Waals surface area contributed by atoms with Gasteiger partial charge in [0, 0.05) is 30.2 Å². The van der Waals surface area contributed by atoms with E-state index in [4.69, 9.17) is 4.74 Å². The van der Waals surface area contributed by atoms with Gasteiger partial charge < -0.3 is 15.0 Å². The van der Waals surface area contributed by atoms with Crippen molar-refractivity contribution in [1.82, 2.24) is 5.32 Å². The van der Waals surface area contributed by atoms with Crippen molar-refractivity contribution < 1.29 is 14.3 Å². The summed E-state index contributed by atoms with van der Waals surface area (Å²) in [6.45, 7) is 6.26. The van der Waals surface area contributed by atoms with Crippen LogP contribution in [0.4, 0.5) is 10.5 Å². The number of carbonyl (C=O) groups is 2. The fourth-order valence-corrected chi connectivity index (χ4v) is 2.30. The van der Waals surface area contributed by atoms with Crippen LogP contribution >= 0.6 is 15.9 Å². The summed E-state index contributed by atoms with van der Waals surface area (Å²) in [5.41, 5.74) is 1.83. The molecular weight excluding hydrogens is 324 g/mol. The van der Waals surface area contributed by atoms with Crippen LogP contribution in [-0.2, 0) is 9.53 Å². The first kappa shape index (κ1) is 16.5. The number of hydrogen-bond donors (Lipinski definition) is 1. The number of nitrogens with zero attached hydrogens (tertiary/aromatic N) is 1. The van der Waals surface area contributed by atoms with Crippen molar-refractivity contribution in [2.45, 2.75) is 20.8 Å². The van der Waals surface area contributed by atoms with Gasteiger partial charge in [0.2, 0.25) is 5.91 Å². The second-order valence-electron chi connectivity index (χ2n) is 4.25. The van der Waals surface area contributed by atoms with Crippen LogP contribution in [0, 0.1) is 6.92 Å². The summed E-state index contributed by atoms with van der Waals surface area (Å²) < 4.78 is 5.73. The molecule has 0 aromatic heterocycles. The van der Waals surface area contributed by atoms with Crippen LogP contribution in [0.5, 0.6) is 0 Å². The molecule has 0 aliphatic carbocycles. The number of halogens is 1. The molecule has 110 valence electrons. The number of benzene rings is 1. The lowest BCUT2D eigenvalue weighted by molar-refractivity contribution is -0.116. The van der Waals surface area contributed by atoms with E-state index in [-0.39, 0.29) is 5.91 Å². The quantitative estimate of drug-likeness (QED) is 0.894. The molecule has 0 unspecified atom stereocenters. The average Bonchev–Trinajstić information content (AvgIpc) is 2.36. The monoisotopic (exact) mass is 342 g/mol. The van der Waals surface area contributed by atoms with Gasteiger partial charge in [0.25, 0.3) is 0 Å². The van der Waals surface area contributed by atoms with E-state index < -0.39 is 6.09 Å². The maximum Gasteiger partial charge on any atom is 0.407 e. The predicted molar refractivity (Wildman–Crippen MR) is 81.9 cm³/mol. The molecule has 1 N–H and O–H groups in total. The van der Waals surface area contributed by atoms with E-state index in [0.717, 1.165) is 15.7 Å². The Hall–Kier alpha value is -1.56. The molecule has 1 rings (SSSR count). The summed E-state index contributed by atoms with van der Waals surface area (Å²) in [6, 6.07) is 5.71. The van der Waals surface area contributed by atoms with Gasteiger partial charge in [-0.25, -0.2) is 4.79 Å². The maximum atomic E-state index is 11.8. The number of aryl methyl sites for hydroxylation is 1. The van der Waals surface area contributed by atoms with Gasteiger partial charge in [-0.3, -0.25) is 4.79 Å². The zero-order chi connectivity index (χ0) is 15.1. The smallest absolute Gasteiger partial charge is 0.407 e. The molecule has 6 heteroatoms. The first-order chi connectivity index (χ1) is 9.45. The molecule has 0 radical (unpaired) electrons. The lowest BCUT2D eigenvalue weighted by atomic mass is 10.2. The van der Waals surface area contributed by atoms with Crippen molar-refractivity contribution in [3.8, 4) is 0 Å². The molecule has 0 atom stereocenters. The molecule has 20 heavy (non-hydrogen) atoms. The Bertz CT molecular complexity index is 491. The highest BCUT2D eigenvalue weighted by Gasteiger charge is 2.14. The molecule has 5 nitrogen and oxygen atoms in total. The van der Waals surface area contributed by atoms with E-state index in [1.54, 1.807) is 11.8 Å². The van der Waals surface area contributed by atoms with Crippen LogP contribution in [0.1, 0.15) is 19.4 Å². The Labute approximate surface area is 127 Å². The number of ether oxygens (including phenoxy) is 1. The predicted octanol–water partition coefficient (Wildman–Crippen LogP) is 2.86. The number of amides is 2. The Morgan fingerprint density at radius 1 is 1.40 bits per heavy atom. The van der Waals surface area contributed by atoms with Crippen molar-refractivity contribution in [1.29, 1.82) is 0 Å². The summed E-state index contributed by atoms with van der Waals surface area (Å²) >= 11 is 3.39. The number of anilines is 1. The number of alkyl carbamates (subject to hydrolysis) is 1. The Kier molecular flexibility index (Phi) is 6.51. The standard InChI is InChI=1S/C14H19BrN2O3/c1-4-20-14(19)16-7-8-17(11(3)18)13-6-5-12(15)9-10(13)2/h5-6,9H,4,7-8H2,1-3H3,(H,16,19). The molecule has 0 aliphatic rings. The van der Waals surface area contributed by atoms with Gasteiger partial charge in [0.1, 0.15) is 0 Å². The topological polar surface area (TPSA) is 58.6 Å². The average molecular weight is 343 g/mol. The summed E-state index contributed by atoms with van der Waals surface area (Å²) in [4.78, 5) is 24.6. The largest absolute Gasteiger partial charge is 0.450 e. The third kappa shape index (κ3) is 4.85. The molecular formula is C14H19BrN2O3. The van der Waals surface area contributed by atoms with Crippen molar-refractivity contribution in [3.05, 3.63) is 28.2 Å². The minimum Gasteiger partial charge on any atom is -0.450 e. The summed E-state index contributed by atoms with van der Waals surface area (Å²) in [7, 11) is 0. The molecule has 2 amide bonds. The van der Waals surface area contributed by atoms with Gasteiger partial charge in [0.05, 0.1) is 6.61 Å². The molecule has 0 aliphatic heterocycles. The van der Waals surface area contributed by atoms with Gasteiger partial charge in [-0.2, -0.15) is 0 Å². The fraction of sp³-hybridized carbons (Fsp3) is 0.429. The minimum absolute atomic E-state index is 0.0684. The number of rotatable bonds is 5. The van der Waals surface area contributed by atoms with Crippen molar-refractivity contribution in [2.75, 3.05) is 24.6 Å². The molecule has 0 saturated heterocycles. The van der Waals surface area contributed by atoms with Gasteiger partial charge >= 0.3 is 6.09 Å². The van der Waals surface area contributed by atoms with Crippen LogP contribution in [0.2, 0.25) is 0 Å². The van der Waals surface area contributed by atoms with Crippen molar-refractivity contribution in [2.24, 2.45) is 0 Å². The normalized spacial score (nSPS) is 10.0. The third-order valence-corrected chi connectivity index (χ3v) is 3.20. The number of hydrogen-bond acceptors (Lipinski definition) is 3. The van der Waals surface area contributed by atoms with Gasteiger partial charge in [-0.15, -0.1) is 0 Å². The Morgan fingerprint density at radius 3 is 2.65 bits per heavy atom. The highest BCUT2D eigenvalue weighted by atomic mass is 79.9. The lowest BCUT2D eigenvalue weighted by Gasteiger charge is -2.23. The highest BCUT2D eigenvalue weighted by Crippen LogP contribution is 2.23. The van der Waals surface area contributed by atoms with Crippen LogP contribution in [-0.4, -0.2) is 31.7 Å². The molecule has 0 spiro atoms. The molecule has 1 aromatic rings. The minimum atomic E-state index is -0.469. The fourth-order valence-electron chi connectivity index (χ4n) is 1.82. The number of carbonyl (C=O) groups excluding carboxylic acids is 2. The van der Waals surface area contributed by atoms with Gasteiger partial charge in [-0.1, -0.05) is 15.9 Å². The van der Waals surface area contributed by atoms with E-state index in [1.807, 2.05) is 25.1 Å². The van der Waals surface area contributed by atoms with Crippen molar-refractivity contribution >= 4 is 33.6 Å². The second-order valence-corrected chi connectivity index (χ2v) is 5.16. The molecule has 0 saturated carbocycles. The van der Waals surface area contributed by atoms with Gasteiger partial charge in [0.15, 0.2) is 0 Å². The van der Waals surface area contributed by atoms with E-state index in [0.29, 0.717) is 19.7 Å². The van der Waals surface area contributed by atoms with Crippen LogP contribution in [0.3, 0.4) is 0 Å². The maximum absolute atomic E-state index is 11.8. The summed E-state index contributed by atoms with van der Waals surface area (Å²) in [6.07, 6.45) is -0.469. The van der Waals surface area contributed by atoms with Crippen LogP contribution < -0.4 is 10.2 Å². The van der Waals surface area contributed by atoms with Crippen LogP contribution in [0.15, 0.2) is 22.7 Å². The lowest BCUT2D eigenvalue weighted by Crippen LogP contribution is -2.38. The Morgan fingerprint density at radius 2 is 2.10 bits per heavy atom. The van der Waals surface area contributed by atoms with Crippen LogP contribution in [0.25, 0.3) is 0 Å². The molecule has 1 aromatic carbocycles. The molecule has 0 heterocycles. The summed E-state index contributed by atoms with van der Waals surface area (Å²) in [5, 5.41) is 2.61. The second kappa shape index (κ2) is 7.89. The summed E-state index contributed by atoms with van der Waals surface area (Å²) in [5.74, 6) is -0.0684. The zero-order valence-electron chi connectivity index (χ0n) is 11.9. The van der Waals surface area contributed by atoms with Crippen molar-refractivity contribution in [3.63, 3.8) is 0 Å². The first-order valence-electron chi connectivity index (χ1n) is 6.40. The highest BCUT2D eigenvalue weighted by molar-refractivity contribution is 9.10. The number of nitrogens with one attached hydrogen (secondary N) is 1. The van der Waals surface area contributed by atoms with Gasteiger partial charge in [-0.05, 0) is 37.6 Å². The first-order valence-corrected chi connectivity index (χ1v) is 7.20. The van der Waals surface area contributed by atoms with E-state index in [1.165, 1.54) is 6.92 Å². The molecule has 0 fully saturated rings. The van der Waals surface area contributed by atoms with E-state index in [9.17, 15) is 9.59 Å². The van der Waals surface area contributed by atoms with E-state index >= 15 is 0 Å².